The molecule has 0 fully saturated rings. The van der Waals surface area contributed by atoms with Gasteiger partial charge in [0.15, 0.2) is 0 Å². The molecule has 1 aliphatic heterocycles. The van der Waals surface area contributed by atoms with Crippen LogP contribution in [0.15, 0.2) is 51.7 Å². The van der Waals surface area contributed by atoms with Crippen molar-refractivity contribution in [2.24, 2.45) is 0 Å². The van der Waals surface area contributed by atoms with Crippen LogP contribution in [0.5, 0.6) is 0 Å². The molecular weight excluding hydrogens is 354 g/mol. The molecule has 130 valence electrons. The lowest BCUT2D eigenvalue weighted by atomic mass is 10.1. The molecular formula is C20H14ClNO4. The van der Waals surface area contributed by atoms with E-state index in [1.165, 1.54) is 6.07 Å². The average molecular weight is 368 g/mol. The number of rotatable bonds is 3. The Labute approximate surface area is 153 Å². The number of amides is 2. The summed E-state index contributed by atoms with van der Waals surface area (Å²) in [6, 6.07) is 11.4. The Bertz CT molecular complexity index is 1100. The van der Waals surface area contributed by atoms with Gasteiger partial charge in [0.25, 0.3) is 11.8 Å². The lowest BCUT2D eigenvalue weighted by Gasteiger charge is -2.15. The maximum absolute atomic E-state index is 12.6. The van der Waals surface area contributed by atoms with Crippen LogP contribution in [-0.4, -0.2) is 16.7 Å². The molecule has 26 heavy (non-hydrogen) atoms. The lowest BCUT2D eigenvalue weighted by molar-refractivity contribution is 0.0642. The van der Waals surface area contributed by atoms with Gasteiger partial charge >= 0.3 is 5.63 Å². The number of imide groups is 1. The summed E-state index contributed by atoms with van der Waals surface area (Å²) in [6.45, 7) is 1.93. The number of carbonyl (C=O) groups is 2. The fourth-order valence-corrected chi connectivity index (χ4v) is 3.54. The predicted molar refractivity (Wildman–Crippen MR) is 97.5 cm³/mol. The zero-order valence-electron chi connectivity index (χ0n) is 13.9. The fraction of sp³-hybridized carbons (Fsp3) is 0.150. The molecule has 6 heteroatoms. The van der Waals surface area contributed by atoms with E-state index in [1.807, 2.05) is 6.92 Å². The van der Waals surface area contributed by atoms with E-state index in [1.54, 1.807) is 36.4 Å². The summed E-state index contributed by atoms with van der Waals surface area (Å²) in [6.07, 6.45) is 0.696. The maximum atomic E-state index is 12.6. The first-order valence-electron chi connectivity index (χ1n) is 8.20. The topological polar surface area (TPSA) is 67.6 Å². The van der Waals surface area contributed by atoms with E-state index in [9.17, 15) is 14.4 Å². The number of nitrogens with zero attached hydrogens (tertiary/aromatic N) is 1. The second-order valence-electron chi connectivity index (χ2n) is 6.13. The van der Waals surface area contributed by atoms with Gasteiger partial charge < -0.3 is 4.42 Å². The molecule has 0 saturated heterocycles. The third-order valence-electron chi connectivity index (χ3n) is 4.58. The first-order chi connectivity index (χ1) is 12.5. The number of halogens is 1. The van der Waals surface area contributed by atoms with Crippen molar-refractivity contribution in [1.29, 1.82) is 0 Å². The molecule has 0 unspecified atom stereocenters. The SMILES string of the molecule is CCc1cc2oc(=O)cc(CN3C(=O)c4ccccc4C3=O)c2cc1Cl. The maximum Gasteiger partial charge on any atom is 0.336 e. The summed E-state index contributed by atoms with van der Waals surface area (Å²) in [7, 11) is 0. The summed E-state index contributed by atoms with van der Waals surface area (Å²) in [5.41, 5.74) is 1.99. The largest absolute Gasteiger partial charge is 0.423 e. The Balaban J connectivity index is 1.81. The van der Waals surface area contributed by atoms with Crippen LogP contribution in [0, 0.1) is 0 Å². The van der Waals surface area contributed by atoms with Crippen molar-refractivity contribution in [3.63, 3.8) is 0 Å². The number of hydrogen-bond donors (Lipinski definition) is 0. The van der Waals surface area contributed by atoms with Crippen molar-refractivity contribution in [2.45, 2.75) is 19.9 Å². The number of fused-ring (bicyclic) bond motifs is 2. The molecule has 0 aliphatic carbocycles. The highest BCUT2D eigenvalue weighted by atomic mass is 35.5. The highest BCUT2D eigenvalue weighted by Crippen LogP contribution is 2.29. The molecule has 0 spiro atoms. The zero-order chi connectivity index (χ0) is 18.4. The van der Waals surface area contributed by atoms with Gasteiger partial charge in [-0.1, -0.05) is 30.7 Å². The smallest absolute Gasteiger partial charge is 0.336 e. The Hall–Kier alpha value is -2.92. The minimum absolute atomic E-state index is 0.0176. The second-order valence-corrected chi connectivity index (χ2v) is 6.53. The second kappa shape index (κ2) is 6.11. The van der Waals surface area contributed by atoms with Crippen LogP contribution in [0.3, 0.4) is 0 Å². The first-order valence-corrected chi connectivity index (χ1v) is 8.57. The molecule has 3 aromatic rings. The lowest BCUT2D eigenvalue weighted by Crippen LogP contribution is -2.29. The molecule has 0 N–H and O–H groups in total. The third kappa shape index (κ3) is 2.52. The van der Waals surface area contributed by atoms with Crippen LogP contribution in [0.25, 0.3) is 11.0 Å². The quantitative estimate of drug-likeness (QED) is 0.521. The summed E-state index contributed by atoms with van der Waals surface area (Å²) in [5.74, 6) is -0.744. The third-order valence-corrected chi connectivity index (χ3v) is 4.94. The van der Waals surface area contributed by atoms with Crippen LogP contribution in [0.4, 0.5) is 0 Å². The number of carbonyl (C=O) groups excluding carboxylic acids is 2. The molecule has 1 aromatic heterocycles. The standard InChI is InChI=1S/C20H14ClNO4/c1-2-11-7-17-15(9-16(11)21)12(8-18(23)26-17)10-22-19(24)13-5-3-4-6-14(13)20(22)25/h3-9H,2,10H2,1H3. The van der Waals surface area contributed by atoms with Gasteiger partial charge in [-0.25, -0.2) is 4.79 Å². The average Bonchev–Trinajstić information content (AvgIpc) is 2.87. The molecule has 5 nitrogen and oxygen atoms in total. The molecule has 2 aromatic carbocycles. The van der Waals surface area contributed by atoms with Crippen LogP contribution >= 0.6 is 11.6 Å². The first kappa shape index (κ1) is 16.5. The van der Waals surface area contributed by atoms with Crippen LogP contribution < -0.4 is 5.63 Å². The van der Waals surface area contributed by atoms with Crippen molar-refractivity contribution >= 4 is 34.4 Å². The van der Waals surface area contributed by atoms with Gasteiger partial charge in [-0.3, -0.25) is 14.5 Å². The molecule has 1 aliphatic rings. The molecule has 0 saturated carbocycles. The number of hydrogen-bond acceptors (Lipinski definition) is 4. The van der Waals surface area contributed by atoms with Crippen LogP contribution in [0.2, 0.25) is 5.02 Å². The fourth-order valence-electron chi connectivity index (χ4n) is 3.24. The van der Waals surface area contributed by atoms with E-state index >= 15 is 0 Å². The molecule has 4 rings (SSSR count). The monoisotopic (exact) mass is 367 g/mol. The van der Waals surface area contributed by atoms with E-state index in [0.29, 0.717) is 39.1 Å². The van der Waals surface area contributed by atoms with Gasteiger partial charge in [0.2, 0.25) is 0 Å². The van der Waals surface area contributed by atoms with Gasteiger partial charge in [0.05, 0.1) is 17.7 Å². The molecule has 0 bridgehead atoms. The van der Waals surface area contributed by atoms with Gasteiger partial charge in [0, 0.05) is 16.5 Å². The normalized spacial score (nSPS) is 13.5. The molecule has 0 atom stereocenters. The summed E-state index contributed by atoms with van der Waals surface area (Å²) in [4.78, 5) is 38.2. The van der Waals surface area contributed by atoms with E-state index in [-0.39, 0.29) is 18.4 Å². The van der Waals surface area contributed by atoms with Crippen molar-refractivity contribution in [3.05, 3.63) is 80.2 Å². The predicted octanol–water partition coefficient (Wildman–Crippen LogP) is 3.81. The van der Waals surface area contributed by atoms with Crippen molar-refractivity contribution < 1.29 is 14.0 Å². The Morgan fingerprint density at radius 2 is 1.62 bits per heavy atom. The van der Waals surface area contributed by atoms with E-state index in [4.69, 9.17) is 16.0 Å². The Kier molecular flexibility index (Phi) is 3.89. The number of benzene rings is 2. The van der Waals surface area contributed by atoms with Crippen LogP contribution in [-0.2, 0) is 13.0 Å². The molecule has 2 amide bonds. The summed E-state index contributed by atoms with van der Waals surface area (Å²) in [5, 5.41) is 1.17. The van der Waals surface area contributed by atoms with Gasteiger partial charge in [-0.05, 0) is 41.8 Å². The van der Waals surface area contributed by atoms with Crippen LogP contribution in [0.1, 0.15) is 38.8 Å². The summed E-state index contributed by atoms with van der Waals surface area (Å²) >= 11 is 6.29. The minimum Gasteiger partial charge on any atom is -0.423 e. The van der Waals surface area contributed by atoms with E-state index in [2.05, 4.69) is 0 Å². The summed E-state index contributed by atoms with van der Waals surface area (Å²) < 4.78 is 5.28. The van der Waals surface area contributed by atoms with E-state index in [0.717, 1.165) is 10.5 Å². The Morgan fingerprint density at radius 1 is 0.962 bits per heavy atom. The zero-order valence-corrected chi connectivity index (χ0v) is 14.7. The van der Waals surface area contributed by atoms with Gasteiger partial charge in [-0.2, -0.15) is 0 Å². The number of aryl methyl sites for hydroxylation is 1. The van der Waals surface area contributed by atoms with Gasteiger partial charge in [0.1, 0.15) is 5.58 Å². The Morgan fingerprint density at radius 3 is 2.23 bits per heavy atom. The van der Waals surface area contributed by atoms with Crippen molar-refractivity contribution in [1.82, 2.24) is 4.90 Å². The highest BCUT2D eigenvalue weighted by molar-refractivity contribution is 6.32. The molecule has 0 radical (unpaired) electrons. The molecule has 2 heterocycles. The minimum atomic E-state index is -0.534. The van der Waals surface area contributed by atoms with Crippen molar-refractivity contribution in [2.75, 3.05) is 0 Å². The highest BCUT2D eigenvalue weighted by Gasteiger charge is 2.35. The van der Waals surface area contributed by atoms with E-state index < -0.39 is 5.63 Å². The van der Waals surface area contributed by atoms with Crippen molar-refractivity contribution in [3.8, 4) is 0 Å². The van der Waals surface area contributed by atoms with Gasteiger partial charge in [-0.15, -0.1) is 0 Å².